The lowest BCUT2D eigenvalue weighted by Crippen LogP contribution is -2.45. The van der Waals surface area contributed by atoms with Crippen molar-refractivity contribution in [3.8, 4) is 0 Å². The van der Waals surface area contributed by atoms with Gasteiger partial charge in [-0.2, -0.15) is 0 Å². The van der Waals surface area contributed by atoms with Gasteiger partial charge >= 0.3 is 0 Å². The van der Waals surface area contributed by atoms with Crippen LogP contribution in [0.15, 0.2) is 48.6 Å². The van der Waals surface area contributed by atoms with E-state index in [1.165, 1.54) is 38.5 Å². The van der Waals surface area contributed by atoms with Crippen molar-refractivity contribution < 1.29 is 8.85 Å². The fourth-order valence-corrected chi connectivity index (χ4v) is 8.92. The first-order chi connectivity index (χ1) is 15.6. The minimum Gasteiger partial charge on any atom is -0.418 e. The molecule has 0 aliphatic heterocycles. The number of fused-ring (bicyclic) bond motifs is 2. The van der Waals surface area contributed by atoms with Gasteiger partial charge in [0.2, 0.25) is 0 Å². The molecule has 4 aliphatic rings. The number of allylic oxidation sites excluding steroid dienone is 8. The third kappa shape index (κ3) is 5.94. The molecule has 33 heavy (non-hydrogen) atoms. The molecule has 0 aromatic heterocycles. The normalized spacial score (nSPS) is 33.5. The predicted molar refractivity (Wildman–Crippen MR) is 146 cm³/mol. The Bertz CT molecular complexity index is 716. The summed E-state index contributed by atoms with van der Waals surface area (Å²) in [7, 11) is -3.08. The van der Waals surface area contributed by atoms with Crippen LogP contribution in [0.1, 0.15) is 38.5 Å². The van der Waals surface area contributed by atoms with E-state index >= 15 is 0 Å². The Morgan fingerprint density at radius 3 is 1.39 bits per heavy atom. The largest absolute Gasteiger partial charge is 0.418 e. The van der Waals surface area contributed by atoms with Crippen LogP contribution in [0.5, 0.6) is 0 Å². The van der Waals surface area contributed by atoms with Gasteiger partial charge in [0, 0.05) is 13.2 Å². The highest BCUT2D eigenvalue weighted by Crippen LogP contribution is 2.61. The molecule has 0 heterocycles. The van der Waals surface area contributed by atoms with Gasteiger partial charge < -0.3 is 8.85 Å². The van der Waals surface area contributed by atoms with E-state index in [1.807, 2.05) is 0 Å². The first kappa shape index (κ1) is 25.4. The van der Waals surface area contributed by atoms with Crippen LogP contribution in [0.3, 0.4) is 0 Å². The van der Waals surface area contributed by atoms with Gasteiger partial charge in [-0.1, -0.05) is 48.6 Å². The summed E-state index contributed by atoms with van der Waals surface area (Å²) < 4.78 is 13.1. The maximum atomic E-state index is 6.57. The smallest absolute Gasteiger partial charge is 0.183 e. The molecular weight excluding hydrogens is 436 g/mol. The molecule has 184 valence electrons. The Labute approximate surface area is 205 Å². The molecule has 0 aromatic rings. The highest BCUT2D eigenvalue weighted by atomic mass is 28.4. The molecule has 2 saturated carbocycles. The van der Waals surface area contributed by atoms with Crippen LogP contribution in [-0.2, 0) is 8.85 Å². The molecule has 4 rings (SSSR count). The van der Waals surface area contributed by atoms with Crippen molar-refractivity contribution in [2.75, 3.05) is 13.2 Å². The highest BCUT2D eigenvalue weighted by molar-refractivity contribution is 6.70. The molecule has 0 amide bonds. The van der Waals surface area contributed by atoms with E-state index in [2.05, 4.69) is 87.9 Å². The highest BCUT2D eigenvalue weighted by Gasteiger charge is 2.55. The van der Waals surface area contributed by atoms with E-state index < -0.39 is 16.6 Å². The van der Waals surface area contributed by atoms with E-state index in [-0.39, 0.29) is 0 Å². The van der Waals surface area contributed by atoms with Crippen molar-refractivity contribution in [1.29, 1.82) is 0 Å². The number of rotatable bonds is 10. The van der Waals surface area contributed by atoms with Crippen LogP contribution >= 0.6 is 0 Å². The Morgan fingerprint density at radius 1 is 0.606 bits per heavy atom. The van der Waals surface area contributed by atoms with E-state index in [0.29, 0.717) is 17.3 Å². The van der Waals surface area contributed by atoms with Crippen LogP contribution in [0.25, 0.3) is 0 Å². The average Bonchev–Trinajstić information content (AvgIpc) is 3.36. The van der Waals surface area contributed by atoms with Crippen LogP contribution < -0.4 is 0 Å². The van der Waals surface area contributed by atoms with Crippen molar-refractivity contribution in [1.82, 2.24) is 0 Å². The Hall–Kier alpha value is -0.686. The second-order valence-corrected chi connectivity index (χ2v) is 22.1. The van der Waals surface area contributed by atoms with Crippen molar-refractivity contribution in [2.45, 2.75) is 77.8 Å². The van der Waals surface area contributed by atoms with E-state index in [9.17, 15) is 0 Å². The lowest BCUT2D eigenvalue weighted by atomic mass is 9.56. The van der Waals surface area contributed by atoms with Gasteiger partial charge in [0.1, 0.15) is 0 Å². The summed E-state index contributed by atoms with van der Waals surface area (Å²) in [5.41, 5.74) is 0.295. The Morgan fingerprint density at radius 2 is 1.00 bits per heavy atom. The first-order valence-electron chi connectivity index (χ1n) is 13.6. The van der Waals surface area contributed by atoms with Gasteiger partial charge in [0.15, 0.2) is 16.6 Å². The molecule has 4 aliphatic carbocycles. The maximum Gasteiger partial charge on any atom is 0.183 e. The van der Waals surface area contributed by atoms with Gasteiger partial charge in [-0.15, -0.1) is 0 Å². The first-order valence-corrected chi connectivity index (χ1v) is 20.4. The topological polar surface area (TPSA) is 18.5 Å². The molecule has 0 aromatic carbocycles. The zero-order valence-electron chi connectivity index (χ0n) is 22.1. The van der Waals surface area contributed by atoms with Crippen molar-refractivity contribution in [3.63, 3.8) is 0 Å². The van der Waals surface area contributed by atoms with Crippen LogP contribution in [0.2, 0.25) is 39.3 Å². The summed E-state index contributed by atoms with van der Waals surface area (Å²) in [4.78, 5) is 0. The standard InChI is InChI=1S/C29H48O2Si2/c1-32(2,3)30-21-19-29(20-22-31-33(4,5)6,27-17-15-23-11-7-9-13-25(23)27)28-18-16-24-12-8-10-14-26(24)28/h7-14,23-28H,15-22H2,1-6H3. The zero-order valence-corrected chi connectivity index (χ0v) is 24.1. The van der Waals surface area contributed by atoms with Crippen molar-refractivity contribution in [3.05, 3.63) is 48.6 Å². The fraction of sp³-hybridized carbons (Fsp3) is 0.724. The van der Waals surface area contributed by atoms with E-state index in [0.717, 1.165) is 36.9 Å². The van der Waals surface area contributed by atoms with Crippen molar-refractivity contribution >= 4 is 16.6 Å². The summed E-state index contributed by atoms with van der Waals surface area (Å²) >= 11 is 0. The third-order valence-corrected chi connectivity index (χ3v) is 11.0. The second kappa shape index (κ2) is 10.1. The molecule has 0 spiro atoms. The predicted octanol–water partition coefficient (Wildman–Crippen LogP) is 7.99. The van der Waals surface area contributed by atoms with Gasteiger partial charge in [0.25, 0.3) is 0 Å². The second-order valence-electron chi connectivity index (χ2n) is 13.0. The summed E-state index contributed by atoms with van der Waals surface area (Å²) in [5.74, 6) is 4.32. The Balaban J connectivity index is 1.68. The molecule has 0 N–H and O–H groups in total. The Kier molecular flexibility index (Phi) is 7.79. The molecule has 2 nitrogen and oxygen atoms in total. The van der Waals surface area contributed by atoms with E-state index in [1.54, 1.807) is 0 Å². The third-order valence-electron chi connectivity index (χ3n) is 8.83. The zero-order chi connectivity index (χ0) is 23.7. The minimum atomic E-state index is -1.54. The molecule has 6 unspecified atom stereocenters. The summed E-state index contributed by atoms with van der Waals surface area (Å²) in [5, 5.41) is 0. The molecule has 6 atom stereocenters. The quantitative estimate of drug-likeness (QED) is 0.292. The molecular formula is C29H48O2Si2. The minimum absolute atomic E-state index is 0.295. The molecule has 4 heteroatoms. The van der Waals surface area contributed by atoms with Crippen LogP contribution in [0, 0.1) is 40.9 Å². The summed E-state index contributed by atoms with van der Waals surface area (Å²) in [6.07, 6.45) is 27.1. The molecule has 0 saturated heterocycles. The summed E-state index contributed by atoms with van der Waals surface area (Å²) in [6.45, 7) is 15.9. The van der Waals surface area contributed by atoms with Crippen LogP contribution in [0.4, 0.5) is 0 Å². The average molecular weight is 485 g/mol. The van der Waals surface area contributed by atoms with E-state index in [4.69, 9.17) is 8.85 Å². The lowest BCUT2D eigenvalue weighted by Gasteiger charge is -2.50. The summed E-state index contributed by atoms with van der Waals surface area (Å²) in [6, 6.07) is 0. The molecule has 0 radical (unpaired) electrons. The number of hydrogen-bond donors (Lipinski definition) is 0. The maximum absolute atomic E-state index is 6.57. The monoisotopic (exact) mass is 484 g/mol. The van der Waals surface area contributed by atoms with Crippen LogP contribution in [-0.4, -0.2) is 29.8 Å². The fourth-order valence-electron chi connectivity index (χ4n) is 7.49. The molecule has 2 fully saturated rings. The van der Waals surface area contributed by atoms with Gasteiger partial charge in [-0.3, -0.25) is 0 Å². The molecule has 0 bridgehead atoms. The van der Waals surface area contributed by atoms with Gasteiger partial charge in [-0.05, 0) is 119 Å². The van der Waals surface area contributed by atoms with Gasteiger partial charge in [0.05, 0.1) is 0 Å². The van der Waals surface area contributed by atoms with Gasteiger partial charge in [-0.25, -0.2) is 0 Å². The van der Waals surface area contributed by atoms with Crippen molar-refractivity contribution in [2.24, 2.45) is 40.9 Å². The SMILES string of the molecule is C[Si](C)(C)OCCC(CCO[Si](C)(C)C)(C1CCC2C=CC=CC21)C1CCC2C=CC=CC21. The lowest BCUT2D eigenvalue weighted by molar-refractivity contribution is -0.00851. The number of hydrogen-bond acceptors (Lipinski definition) is 2.